The van der Waals surface area contributed by atoms with E-state index >= 15 is 0 Å². The van der Waals surface area contributed by atoms with E-state index in [1.165, 1.54) is 0 Å². The van der Waals surface area contributed by atoms with Crippen molar-refractivity contribution in [3.63, 3.8) is 0 Å². The number of aliphatic hydroxyl groups is 2. The molecular weight excluding hydrogens is 154 g/mol. The molecule has 0 saturated heterocycles. The molecular formula is C9H19NO2. The summed E-state index contributed by atoms with van der Waals surface area (Å²) in [6.45, 7) is 9.85. The molecule has 3 heteroatoms. The monoisotopic (exact) mass is 173 g/mol. The van der Waals surface area contributed by atoms with E-state index in [2.05, 4.69) is 25.7 Å². The Bertz CT molecular complexity index is 157. The summed E-state index contributed by atoms with van der Waals surface area (Å²) < 4.78 is 0. The highest BCUT2D eigenvalue weighted by Gasteiger charge is 2.26. The van der Waals surface area contributed by atoms with E-state index in [0.29, 0.717) is 5.92 Å². The molecule has 0 heterocycles. The van der Waals surface area contributed by atoms with Gasteiger partial charge in [-0.1, -0.05) is 20.4 Å². The van der Waals surface area contributed by atoms with Gasteiger partial charge in [0.05, 0.1) is 12.1 Å². The van der Waals surface area contributed by atoms with Crippen molar-refractivity contribution in [3.8, 4) is 0 Å². The first kappa shape index (κ1) is 11.5. The van der Waals surface area contributed by atoms with Gasteiger partial charge in [0.25, 0.3) is 0 Å². The van der Waals surface area contributed by atoms with E-state index in [1.807, 2.05) is 0 Å². The third kappa shape index (κ3) is 3.24. The van der Waals surface area contributed by atoms with Crippen LogP contribution in [-0.4, -0.2) is 28.9 Å². The van der Waals surface area contributed by atoms with Gasteiger partial charge in [0.1, 0.15) is 5.76 Å². The molecule has 0 amide bonds. The van der Waals surface area contributed by atoms with Gasteiger partial charge in [-0.2, -0.15) is 0 Å². The summed E-state index contributed by atoms with van der Waals surface area (Å²) in [6, 6.07) is 0. The third-order valence-electron chi connectivity index (χ3n) is 1.85. The molecule has 12 heavy (non-hydrogen) atoms. The fraction of sp³-hybridized carbons (Fsp3) is 0.778. The van der Waals surface area contributed by atoms with E-state index < -0.39 is 5.54 Å². The Kier molecular flexibility index (Phi) is 4.28. The number of aliphatic hydroxyl groups excluding tert-OH is 2. The molecule has 1 atom stereocenters. The Balaban J connectivity index is 4.06. The molecule has 0 radical (unpaired) electrons. The summed E-state index contributed by atoms with van der Waals surface area (Å²) in [7, 11) is 0. The lowest BCUT2D eigenvalue weighted by Gasteiger charge is -2.28. The molecule has 3 nitrogen and oxygen atoms in total. The molecule has 0 aliphatic heterocycles. The number of hydrogen-bond donors (Lipinski definition) is 3. The molecule has 0 aromatic heterocycles. The second kappa shape index (κ2) is 4.48. The maximum Gasteiger partial charge on any atom is 0.107 e. The molecule has 0 aliphatic rings. The Morgan fingerprint density at radius 2 is 2.08 bits per heavy atom. The van der Waals surface area contributed by atoms with E-state index in [4.69, 9.17) is 10.2 Å². The zero-order valence-corrected chi connectivity index (χ0v) is 8.09. The largest absolute Gasteiger partial charge is 0.511 e. The minimum absolute atomic E-state index is 0.0225. The molecule has 3 N–H and O–H groups in total. The van der Waals surface area contributed by atoms with Crippen molar-refractivity contribution >= 4 is 0 Å². The van der Waals surface area contributed by atoms with Crippen LogP contribution in [0.4, 0.5) is 0 Å². The zero-order chi connectivity index (χ0) is 9.78. The molecule has 0 aliphatic carbocycles. The van der Waals surface area contributed by atoms with Crippen molar-refractivity contribution in [1.82, 2.24) is 5.32 Å². The van der Waals surface area contributed by atoms with E-state index in [9.17, 15) is 0 Å². The lowest BCUT2D eigenvalue weighted by atomic mass is 10.0. The predicted octanol–water partition coefficient (Wildman–Crippen LogP) is 1.05. The van der Waals surface area contributed by atoms with Gasteiger partial charge >= 0.3 is 0 Å². The van der Waals surface area contributed by atoms with Crippen LogP contribution < -0.4 is 5.32 Å². The standard InChI is InChI=1S/C9H19NO2/c1-7(2)5-10-9(4,6-11)8(3)12/h7,10-12H,3,5-6H2,1-2,4H3. The zero-order valence-electron chi connectivity index (χ0n) is 8.09. The van der Waals surface area contributed by atoms with Crippen molar-refractivity contribution in [1.29, 1.82) is 0 Å². The van der Waals surface area contributed by atoms with Crippen molar-refractivity contribution in [2.75, 3.05) is 13.2 Å². The summed E-state index contributed by atoms with van der Waals surface area (Å²) in [5.41, 5.74) is -0.760. The first-order valence-electron chi connectivity index (χ1n) is 4.16. The van der Waals surface area contributed by atoms with Crippen LogP contribution in [0.25, 0.3) is 0 Å². The fourth-order valence-corrected chi connectivity index (χ4v) is 0.679. The second-order valence-corrected chi connectivity index (χ2v) is 3.71. The molecule has 0 bridgehead atoms. The van der Waals surface area contributed by atoms with Gasteiger partial charge < -0.3 is 15.5 Å². The van der Waals surface area contributed by atoms with Crippen LogP contribution in [0.2, 0.25) is 0 Å². The van der Waals surface area contributed by atoms with Crippen LogP contribution >= 0.6 is 0 Å². The Labute approximate surface area is 74.1 Å². The molecule has 0 rings (SSSR count). The first-order chi connectivity index (χ1) is 5.42. The fourth-order valence-electron chi connectivity index (χ4n) is 0.679. The average Bonchev–Trinajstić information content (AvgIpc) is 1.99. The highest BCUT2D eigenvalue weighted by atomic mass is 16.3. The summed E-state index contributed by atoms with van der Waals surface area (Å²) in [6.07, 6.45) is 0. The molecule has 0 aromatic carbocycles. The highest BCUT2D eigenvalue weighted by molar-refractivity contribution is 5.06. The normalized spacial score (nSPS) is 16.1. The Hall–Kier alpha value is -0.540. The lowest BCUT2D eigenvalue weighted by Crippen LogP contribution is -2.48. The van der Waals surface area contributed by atoms with Crippen molar-refractivity contribution < 1.29 is 10.2 Å². The van der Waals surface area contributed by atoms with E-state index in [0.717, 1.165) is 6.54 Å². The molecule has 0 fully saturated rings. The van der Waals surface area contributed by atoms with Gasteiger partial charge in [-0.05, 0) is 19.4 Å². The van der Waals surface area contributed by atoms with Crippen molar-refractivity contribution in [2.45, 2.75) is 26.3 Å². The van der Waals surface area contributed by atoms with Gasteiger partial charge in [0.2, 0.25) is 0 Å². The van der Waals surface area contributed by atoms with Gasteiger partial charge in [-0.15, -0.1) is 0 Å². The van der Waals surface area contributed by atoms with Crippen LogP contribution in [0.5, 0.6) is 0 Å². The first-order valence-corrected chi connectivity index (χ1v) is 4.16. The molecule has 1 unspecified atom stereocenters. The van der Waals surface area contributed by atoms with Crippen LogP contribution in [0.3, 0.4) is 0 Å². The molecule has 0 spiro atoms. The Morgan fingerprint density at radius 1 is 1.58 bits per heavy atom. The molecule has 0 saturated carbocycles. The second-order valence-electron chi connectivity index (χ2n) is 3.71. The smallest absolute Gasteiger partial charge is 0.107 e. The summed E-state index contributed by atoms with van der Waals surface area (Å²) in [5.74, 6) is 0.459. The third-order valence-corrected chi connectivity index (χ3v) is 1.85. The summed E-state index contributed by atoms with van der Waals surface area (Å²) in [5, 5.41) is 21.2. The summed E-state index contributed by atoms with van der Waals surface area (Å²) >= 11 is 0. The average molecular weight is 173 g/mol. The predicted molar refractivity (Wildman–Crippen MR) is 50.1 cm³/mol. The number of hydrogen-bond acceptors (Lipinski definition) is 3. The topological polar surface area (TPSA) is 52.5 Å². The van der Waals surface area contributed by atoms with Gasteiger partial charge in [0.15, 0.2) is 0 Å². The van der Waals surface area contributed by atoms with E-state index in [1.54, 1.807) is 6.92 Å². The quantitative estimate of drug-likeness (QED) is 0.545. The Morgan fingerprint density at radius 3 is 2.33 bits per heavy atom. The lowest BCUT2D eigenvalue weighted by molar-refractivity contribution is 0.154. The van der Waals surface area contributed by atoms with Crippen molar-refractivity contribution in [3.05, 3.63) is 12.3 Å². The van der Waals surface area contributed by atoms with Crippen LogP contribution in [0.1, 0.15) is 20.8 Å². The van der Waals surface area contributed by atoms with Crippen LogP contribution in [0, 0.1) is 5.92 Å². The van der Waals surface area contributed by atoms with Gasteiger partial charge in [-0.3, -0.25) is 0 Å². The van der Waals surface area contributed by atoms with Gasteiger partial charge in [0, 0.05) is 0 Å². The highest BCUT2D eigenvalue weighted by Crippen LogP contribution is 2.11. The number of rotatable bonds is 5. The molecule has 72 valence electrons. The maximum absolute atomic E-state index is 9.17. The summed E-state index contributed by atoms with van der Waals surface area (Å²) in [4.78, 5) is 0. The van der Waals surface area contributed by atoms with Crippen molar-refractivity contribution in [2.24, 2.45) is 5.92 Å². The van der Waals surface area contributed by atoms with E-state index in [-0.39, 0.29) is 12.4 Å². The van der Waals surface area contributed by atoms with Crippen LogP contribution in [-0.2, 0) is 0 Å². The van der Waals surface area contributed by atoms with Crippen LogP contribution in [0.15, 0.2) is 12.3 Å². The van der Waals surface area contributed by atoms with Gasteiger partial charge in [-0.25, -0.2) is 0 Å². The maximum atomic E-state index is 9.17. The minimum Gasteiger partial charge on any atom is -0.511 e. The SMILES string of the molecule is C=C(O)C(C)(CO)NCC(C)C. The molecule has 0 aromatic rings. The minimum atomic E-state index is -0.760. The number of nitrogens with one attached hydrogen (secondary N) is 1.